The number of hydrogen-bond donors (Lipinski definition) is 4. The molecule has 0 unspecified atom stereocenters. The van der Waals surface area contributed by atoms with Gasteiger partial charge in [0.25, 0.3) is 5.91 Å². The first kappa shape index (κ1) is 31.3. The van der Waals surface area contributed by atoms with Crippen LogP contribution in [0.3, 0.4) is 0 Å². The van der Waals surface area contributed by atoms with Gasteiger partial charge in [0.05, 0.1) is 23.6 Å². The molecule has 2 heterocycles. The standard InChI is InChI=1S/C32H32F3N7O3/c1-21-7-8-25(41-31(44)40-24-6-4-5-22(17-24)32(33,34)35)18-28(21)29(43)38-26-19-36-30(37-20-26)39-23-9-11-27(12-10-23)45-16-15-42-13-2-3-14-42/h4-12,17-20H,2-3,13-16H2,1H3,(H,38,43)(H,36,37,39)(H2,40,41,44). The van der Waals surface area contributed by atoms with Crippen molar-refractivity contribution in [2.45, 2.75) is 25.9 Å². The summed E-state index contributed by atoms with van der Waals surface area (Å²) in [5.74, 6) is 0.661. The number of alkyl halides is 3. The lowest BCUT2D eigenvalue weighted by Gasteiger charge is -2.15. The van der Waals surface area contributed by atoms with Crippen molar-refractivity contribution in [1.29, 1.82) is 0 Å². The first-order valence-corrected chi connectivity index (χ1v) is 14.3. The smallest absolute Gasteiger partial charge is 0.416 e. The average Bonchev–Trinajstić information content (AvgIpc) is 3.53. The third-order valence-electron chi connectivity index (χ3n) is 7.08. The number of rotatable bonds is 10. The Morgan fingerprint density at radius 2 is 1.51 bits per heavy atom. The van der Waals surface area contributed by atoms with Crippen molar-refractivity contribution in [3.8, 4) is 5.75 Å². The molecule has 1 fully saturated rings. The molecule has 0 aliphatic carbocycles. The maximum atomic E-state index is 13.0. The normalized spacial score (nSPS) is 13.2. The molecule has 10 nitrogen and oxygen atoms in total. The Bertz CT molecular complexity index is 1620. The molecule has 13 heteroatoms. The molecule has 1 aromatic heterocycles. The molecule has 1 aliphatic heterocycles. The van der Waals surface area contributed by atoms with E-state index in [0.717, 1.165) is 43.2 Å². The monoisotopic (exact) mass is 619 g/mol. The van der Waals surface area contributed by atoms with Crippen LogP contribution < -0.4 is 26.0 Å². The Morgan fingerprint density at radius 3 is 2.20 bits per heavy atom. The molecule has 1 aliphatic rings. The van der Waals surface area contributed by atoms with Crippen molar-refractivity contribution in [3.05, 3.63) is 95.8 Å². The number of amides is 3. The van der Waals surface area contributed by atoms with Crippen molar-refractivity contribution in [2.75, 3.05) is 47.5 Å². The second-order valence-electron chi connectivity index (χ2n) is 10.5. The minimum absolute atomic E-state index is 0.0281. The van der Waals surface area contributed by atoms with Gasteiger partial charge in [0, 0.05) is 29.2 Å². The number of aromatic nitrogens is 2. The number of likely N-dealkylation sites (tertiary alicyclic amines) is 1. The van der Waals surface area contributed by atoms with Gasteiger partial charge in [0.2, 0.25) is 5.95 Å². The maximum Gasteiger partial charge on any atom is 0.416 e. The molecular formula is C32H32F3N7O3. The van der Waals surface area contributed by atoms with Gasteiger partial charge in [0.15, 0.2) is 0 Å². The molecule has 0 spiro atoms. The van der Waals surface area contributed by atoms with Gasteiger partial charge in [0.1, 0.15) is 12.4 Å². The number of carbonyl (C=O) groups excluding carboxylic acids is 2. The first-order valence-electron chi connectivity index (χ1n) is 14.3. The fourth-order valence-corrected chi connectivity index (χ4v) is 4.73. The number of aryl methyl sites for hydroxylation is 1. The van der Waals surface area contributed by atoms with Crippen molar-refractivity contribution in [1.82, 2.24) is 14.9 Å². The Kier molecular flexibility index (Phi) is 9.78. The number of urea groups is 1. The Hall–Kier alpha value is -5.17. The summed E-state index contributed by atoms with van der Waals surface area (Å²) < 4.78 is 44.8. The van der Waals surface area contributed by atoms with Crippen LogP contribution in [0.1, 0.15) is 34.3 Å². The zero-order chi connectivity index (χ0) is 31.8. The molecule has 234 valence electrons. The lowest BCUT2D eigenvalue weighted by molar-refractivity contribution is -0.137. The molecule has 5 rings (SSSR count). The number of ether oxygens (including phenoxy) is 1. The van der Waals surface area contributed by atoms with Crippen LogP contribution in [-0.2, 0) is 6.18 Å². The van der Waals surface area contributed by atoms with Gasteiger partial charge in [-0.1, -0.05) is 12.1 Å². The summed E-state index contributed by atoms with van der Waals surface area (Å²) in [5.41, 5.74) is 1.40. The topological polar surface area (TPSA) is 121 Å². The Labute approximate surface area is 258 Å². The number of hydrogen-bond acceptors (Lipinski definition) is 7. The molecule has 4 N–H and O–H groups in total. The quantitative estimate of drug-likeness (QED) is 0.152. The number of benzene rings is 3. The number of nitrogens with zero attached hydrogens (tertiary/aromatic N) is 3. The van der Waals surface area contributed by atoms with E-state index in [1.807, 2.05) is 24.3 Å². The zero-order valence-corrected chi connectivity index (χ0v) is 24.4. The van der Waals surface area contributed by atoms with Gasteiger partial charge >= 0.3 is 12.2 Å². The van der Waals surface area contributed by atoms with Gasteiger partial charge in [-0.15, -0.1) is 0 Å². The van der Waals surface area contributed by atoms with E-state index in [4.69, 9.17) is 4.74 Å². The molecule has 4 aromatic rings. The summed E-state index contributed by atoms with van der Waals surface area (Å²) in [4.78, 5) is 36.4. The summed E-state index contributed by atoms with van der Waals surface area (Å²) in [6, 6.07) is 15.7. The second kappa shape index (κ2) is 14.1. The highest BCUT2D eigenvalue weighted by Crippen LogP contribution is 2.30. The third-order valence-corrected chi connectivity index (χ3v) is 7.08. The largest absolute Gasteiger partial charge is 0.492 e. The van der Waals surface area contributed by atoms with Crippen molar-refractivity contribution >= 4 is 40.6 Å². The Morgan fingerprint density at radius 1 is 0.844 bits per heavy atom. The molecule has 3 aromatic carbocycles. The predicted molar refractivity (Wildman–Crippen MR) is 166 cm³/mol. The maximum absolute atomic E-state index is 13.0. The van der Waals surface area contributed by atoms with Crippen LogP contribution >= 0.6 is 0 Å². The molecule has 0 bridgehead atoms. The number of nitrogens with one attached hydrogen (secondary N) is 4. The minimum atomic E-state index is -4.54. The van der Waals surface area contributed by atoms with Gasteiger partial charge in [-0.25, -0.2) is 14.8 Å². The van der Waals surface area contributed by atoms with Crippen molar-refractivity contribution < 1.29 is 27.5 Å². The number of carbonyl (C=O) groups is 2. The highest BCUT2D eigenvalue weighted by atomic mass is 19.4. The molecule has 0 radical (unpaired) electrons. The predicted octanol–water partition coefficient (Wildman–Crippen LogP) is 6.92. The van der Waals surface area contributed by atoms with E-state index < -0.39 is 23.7 Å². The van der Waals surface area contributed by atoms with Crippen LogP contribution in [0.5, 0.6) is 5.75 Å². The van der Waals surface area contributed by atoms with Crippen LogP contribution in [0, 0.1) is 6.92 Å². The zero-order valence-electron chi connectivity index (χ0n) is 24.4. The minimum Gasteiger partial charge on any atom is -0.492 e. The van der Waals surface area contributed by atoms with E-state index in [0.29, 0.717) is 23.8 Å². The van der Waals surface area contributed by atoms with E-state index >= 15 is 0 Å². The highest BCUT2D eigenvalue weighted by Gasteiger charge is 2.30. The van der Waals surface area contributed by atoms with Gasteiger partial charge in [-0.2, -0.15) is 13.2 Å². The van der Waals surface area contributed by atoms with E-state index in [-0.39, 0.29) is 16.9 Å². The van der Waals surface area contributed by atoms with Crippen LogP contribution in [0.4, 0.5) is 46.7 Å². The van der Waals surface area contributed by atoms with Crippen LogP contribution in [0.2, 0.25) is 0 Å². The van der Waals surface area contributed by atoms with Crippen LogP contribution in [0.25, 0.3) is 0 Å². The lowest BCUT2D eigenvalue weighted by Crippen LogP contribution is -2.25. The number of halogens is 3. The fraction of sp³-hybridized carbons (Fsp3) is 0.250. The highest BCUT2D eigenvalue weighted by molar-refractivity contribution is 6.07. The van der Waals surface area contributed by atoms with Crippen molar-refractivity contribution in [2.24, 2.45) is 0 Å². The lowest BCUT2D eigenvalue weighted by atomic mass is 10.1. The molecule has 0 saturated carbocycles. The summed E-state index contributed by atoms with van der Waals surface area (Å²) in [7, 11) is 0. The van der Waals surface area contributed by atoms with Crippen LogP contribution in [-0.4, -0.2) is 53.0 Å². The summed E-state index contributed by atoms with van der Waals surface area (Å²) in [6.45, 7) is 5.56. The molecule has 1 saturated heterocycles. The van der Waals surface area contributed by atoms with Gasteiger partial charge in [-0.05, 0) is 93.0 Å². The first-order chi connectivity index (χ1) is 21.6. The van der Waals surface area contributed by atoms with Crippen molar-refractivity contribution in [3.63, 3.8) is 0 Å². The molecule has 45 heavy (non-hydrogen) atoms. The van der Waals surface area contributed by atoms with Gasteiger partial charge < -0.3 is 26.0 Å². The van der Waals surface area contributed by atoms with E-state index in [2.05, 4.69) is 36.1 Å². The van der Waals surface area contributed by atoms with E-state index in [1.165, 1.54) is 43.4 Å². The number of anilines is 5. The van der Waals surface area contributed by atoms with E-state index in [9.17, 15) is 22.8 Å². The summed E-state index contributed by atoms with van der Waals surface area (Å²) in [6.07, 6.45) is 0.889. The van der Waals surface area contributed by atoms with Crippen LogP contribution in [0.15, 0.2) is 79.1 Å². The van der Waals surface area contributed by atoms with E-state index in [1.54, 1.807) is 19.1 Å². The average molecular weight is 620 g/mol. The molecular weight excluding hydrogens is 587 g/mol. The summed E-state index contributed by atoms with van der Waals surface area (Å²) in [5, 5.41) is 10.7. The summed E-state index contributed by atoms with van der Waals surface area (Å²) >= 11 is 0. The molecule has 3 amide bonds. The SMILES string of the molecule is Cc1ccc(NC(=O)Nc2cccc(C(F)(F)F)c2)cc1C(=O)Nc1cnc(Nc2ccc(OCCN3CCCC3)cc2)nc1. The fourth-order valence-electron chi connectivity index (χ4n) is 4.73. The third kappa shape index (κ3) is 8.92. The molecule has 0 atom stereocenters. The van der Waals surface area contributed by atoms with Gasteiger partial charge in [-0.3, -0.25) is 9.69 Å². The second-order valence-corrected chi connectivity index (χ2v) is 10.5. The Balaban J connectivity index is 1.13.